The topological polar surface area (TPSA) is 60.6 Å². The molecular formula is C9H14N6. The van der Waals surface area contributed by atoms with Crippen molar-refractivity contribution >= 4 is 0 Å². The minimum Gasteiger partial charge on any atom is -0.314 e. The van der Waals surface area contributed by atoms with Gasteiger partial charge in [-0.25, -0.2) is 0 Å². The number of nitrogens with zero attached hydrogens (tertiary/aromatic N) is 5. The molecule has 0 radical (unpaired) electrons. The summed E-state index contributed by atoms with van der Waals surface area (Å²) in [6.45, 7) is 1.47. The summed E-state index contributed by atoms with van der Waals surface area (Å²) in [5, 5.41) is 15.2. The second kappa shape index (κ2) is 4.22. The fourth-order valence-corrected chi connectivity index (χ4v) is 1.45. The summed E-state index contributed by atoms with van der Waals surface area (Å²) in [5.41, 5.74) is 2.06. The lowest BCUT2D eigenvalue weighted by molar-refractivity contribution is 0.612. The smallest absolute Gasteiger partial charge is 0.104 e. The lowest BCUT2D eigenvalue weighted by atomic mass is 10.4. The van der Waals surface area contributed by atoms with E-state index in [0.717, 1.165) is 17.9 Å². The second-order valence-corrected chi connectivity index (χ2v) is 3.39. The van der Waals surface area contributed by atoms with Crippen molar-refractivity contribution < 1.29 is 0 Å². The zero-order valence-corrected chi connectivity index (χ0v) is 8.88. The van der Waals surface area contributed by atoms with Gasteiger partial charge >= 0.3 is 0 Å². The number of hydrogen-bond acceptors (Lipinski definition) is 4. The number of aryl methyl sites for hydroxylation is 1. The summed E-state index contributed by atoms with van der Waals surface area (Å²) >= 11 is 0. The van der Waals surface area contributed by atoms with Gasteiger partial charge in [0, 0.05) is 26.0 Å². The highest BCUT2D eigenvalue weighted by Crippen LogP contribution is 2.02. The Bertz CT molecular complexity index is 429. The van der Waals surface area contributed by atoms with E-state index in [-0.39, 0.29) is 0 Å². The fourth-order valence-electron chi connectivity index (χ4n) is 1.45. The van der Waals surface area contributed by atoms with Crippen molar-refractivity contribution in [1.82, 2.24) is 30.1 Å². The molecule has 80 valence electrons. The highest BCUT2D eigenvalue weighted by atomic mass is 15.4. The molecule has 0 unspecified atom stereocenters. The lowest BCUT2D eigenvalue weighted by Crippen LogP contribution is -2.13. The van der Waals surface area contributed by atoms with E-state index in [2.05, 4.69) is 20.7 Å². The van der Waals surface area contributed by atoms with Crippen LogP contribution in [-0.2, 0) is 20.1 Å². The molecule has 6 nitrogen and oxygen atoms in total. The van der Waals surface area contributed by atoms with Crippen molar-refractivity contribution in [2.24, 2.45) is 7.05 Å². The van der Waals surface area contributed by atoms with Gasteiger partial charge in [-0.2, -0.15) is 5.10 Å². The molecule has 15 heavy (non-hydrogen) atoms. The summed E-state index contributed by atoms with van der Waals surface area (Å²) in [6, 6.07) is 1.99. The first-order valence-corrected chi connectivity index (χ1v) is 4.80. The molecule has 0 amide bonds. The highest BCUT2D eigenvalue weighted by Gasteiger charge is 2.04. The van der Waals surface area contributed by atoms with Crippen LogP contribution >= 0.6 is 0 Å². The first kappa shape index (κ1) is 9.85. The quantitative estimate of drug-likeness (QED) is 0.751. The molecule has 0 bridgehead atoms. The minimum absolute atomic E-state index is 0.665. The average molecular weight is 206 g/mol. The Hall–Kier alpha value is -1.69. The van der Waals surface area contributed by atoms with Gasteiger partial charge in [0.2, 0.25) is 0 Å². The highest BCUT2D eigenvalue weighted by molar-refractivity contribution is 5.03. The molecule has 0 aliphatic rings. The molecule has 0 atom stereocenters. The van der Waals surface area contributed by atoms with Gasteiger partial charge in [-0.05, 0) is 13.1 Å². The van der Waals surface area contributed by atoms with Crippen LogP contribution < -0.4 is 5.32 Å². The summed E-state index contributed by atoms with van der Waals surface area (Å²) in [5.74, 6) is 0. The van der Waals surface area contributed by atoms with E-state index in [1.807, 2.05) is 31.0 Å². The van der Waals surface area contributed by atoms with E-state index < -0.39 is 0 Å². The van der Waals surface area contributed by atoms with Crippen LogP contribution in [-0.4, -0.2) is 31.8 Å². The van der Waals surface area contributed by atoms with Crippen LogP contribution in [0.25, 0.3) is 0 Å². The third-order valence-electron chi connectivity index (χ3n) is 2.12. The molecule has 0 saturated carbocycles. The molecule has 0 saturated heterocycles. The Morgan fingerprint density at radius 1 is 1.47 bits per heavy atom. The molecule has 2 heterocycles. The maximum atomic E-state index is 4.24. The fraction of sp³-hybridized carbons (Fsp3) is 0.444. The first-order valence-electron chi connectivity index (χ1n) is 4.80. The van der Waals surface area contributed by atoms with E-state index in [1.54, 1.807) is 10.9 Å². The number of rotatable bonds is 4. The van der Waals surface area contributed by atoms with Crippen molar-refractivity contribution in [2.45, 2.75) is 13.1 Å². The van der Waals surface area contributed by atoms with E-state index in [0.29, 0.717) is 6.54 Å². The SMILES string of the molecule is CNCc1ccnn1Cc1cn(C)nn1. The zero-order valence-electron chi connectivity index (χ0n) is 8.88. The van der Waals surface area contributed by atoms with Crippen LogP contribution in [0.2, 0.25) is 0 Å². The Morgan fingerprint density at radius 3 is 3.00 bits per heavy atom. The van der Waals surface area contributed by atoms with E-state index in [4.69, 9.17) is 0 Å². The Balaban J connectivity index is 2.13. The van der Waals surface area contributed by atoms with Gasteiger partial charge in [0.1, 0.15) is 5.69 Å². The molecule has 6 heteroatoms. The first-order chi connectivity index (χ1) is 7.29. The van der Waals surface area contributed by atoms with Gasteiger partial charge in [0.05, 0.1) is 12.2 Å². The maximum Gasteiger partial charge on any atom is 0.104 e. The van der Waals surface area contributed by atoms with Gasteiger partial charge < -0.3 is 5.32 Å². The van der Waals surface area contributed by atoms with Gasteiger partial charge in [0.25, 0.3) is 0 Å². The monoisotopic (exact) mass is 206 g/mol. The van der Waals surface area contributed by atoms with E-state index >= 15 is 0 Å². The van der Waals surface area contributed by atoms with Crippen LogP contribution in [0.15, 0.2) is 18.5 Å². The van der Waals surface area contributed by atoms with Crippen molar-refractivity contribution in [1.29, 1.82) is 0 Å². The average Bonchev–Trinajstić information content (AvgIpc) is 2.78. The molecule has 0 spiro atoms. The zero-order chi connectivity index (χ0) is 10.7. The van der Waals surface area contributed by atoms with Gasteiger partial charge in [0.15, 0.2) is 0 Å². The van der Waals surface area contributed by atoms with E-state index in [1.165, 1.54) is 0 Å². The van der Waals surface area contributed by atoms with Crippen molar-refractivity contribution in [3.05, 3.63) is 29.8 Å². The summed E-state index contributed by atoms with van der Waals surface area (Å²) < 4.78 is 3.61. The van der Waals surface area contributed by atoms with Crippen molar-refractivity contribution in [2.75, 3.05) is 7.05 Å². The van der Waals surface area contributed by atoms with Crippen LogP contribution in [0.1, 0.15) is 11.4 Å². The molecule has 0 fully saturated rings. The maximum absolute atomic E-state index is 4.24. The summed E-state index contributed by atoms with van der Waals surface area (Å²) in [4.78, 5) is 0. The van der Waals surface area contributed by atoms with Crippen LogP contribution in [0, 0.1) is 0 Å². The molecular weight excluding hydrogens is 192 g/mol. The van der Waals surface area contributed by atoms with Crippen LogP contribution in [0.4, 0.5) is 0 Å². The van der Waals surface area contributed by atoms with Gasteiger partial charge in [-0.3, -0.25) is 9.36 Å². The number of aromatic nitrogens is 5. The molecule has 0 aliphatic heterocycles. The Morgan fingerprint density at radius 2 is 2.33 bits per heavy atom. The van der Waals surface area contributed by atoms with E-state index in [9.17, 15) is 0 Å². The summed E-state index contributed by atoms with van der Waals surface area (Å²) in [6.07, 6.45) is 3.69. The van der Waals surface area contributed by atoms with Crippen LogP contribution in [0.5, 0.6) is 0 Å². The third-order valence-corrected chi connectivity index (χ3v) is 2.12. The van der Waals surface area contributed by atoms with Crippen LogP contribution in [0.3, 0.4) is 0 Å². The Kier molecular flexibility index (Phi) is 2.77. The molecule has 1 N–H and O–H groups in total. The molecule has 0 aliphatic carbocycles. The normalized spacial score (nSPS) is 10.8. The standard InChI is InChI=1S/C9H14N6/c1-10-5-9-3-4-11-15(9)7-8-6-14(2)13-12-8/h3-4,6,10H,5,7H2,1-2H3. The van der Waals surface area contributed by atoms with Crippen molar-refractivity contribution in [3.63, 3.8) is 0 Å². The molecule has 2 rings (SSSR count). The molecule has 2 aromatic heterocycles. The van der Waals surface area contributed by atoms with Gasteiger partial charge in [-0.1, -0.05) is 5.21 Å². The number of nitrogens with one attached hydrogen (secondary N) is 1. The summed E-state index contributed by atoms with van der Waals surface area (Å²) in [7, 11) is 3.77. The molecule has 0 aromatic carbocycles. The van der Waals surface area contributed by atoms with Crippen molar-refractivity contribution in [3.8, 4) is 0 Å². The largest absolute Gasteiger partial charge is 0.314 e. The third kappa shape index (κ3) is 2.21. The van der Waals surface area contributed by atoms with Gasteiger partial charge in [-0.15, -0.1) is 5.10 Å². The Labute approximate surface area is 87.9 Å². The number of hydrogen-bond donors (Lipinski definition) is 1. The minimum atomic E-state index is 0.665. The predicted octanol–water partition coefficient (Wildman–Crippen LogP) is -0.221. The second-order valence-electron chi connectivity index (χ2n) is 3.39. The molecule has 2 aromatic rings. The lowest BCUT2D eigenvalue weighted by Gasteiger charge is -2.04. The predicted molar refractivity (Wildman–Crippen MR) is 55.1 cm³/mol.